The normalized spacial score (nSPS) is 12.3. The first-order valence-corrected chi connectivity index (χ1v) is 8.83. The van der Waals surface area contributed by atoms with Crippen molar-refractivity contribution >= 4 is 23.3 Å². The Bertz CT molecular complexity index is 769. The van der Waals surface area contributed by atoms with E-state index < -0.39 is 23.3 Å². The largest absolute Gasteiger partial charge is 0.349 e. The number of hydrogen-bond acceptors (Lipinski definition) is 5. The molecule has 1 heterocycles. The van der Waals surface area contributed by atoms with Gasteiger partial charge >= 0.3 is 0 Å². The van der Waals surface area contributed by atoms with E-state index in [-0.39, 0.29) is 18.1 Å². The molecule has 0 radical (unpaired) electrons. The molecule has 1 aromatic carbocycles. The van der Waals surface area contributed by atoms with E-state index in [1.54, 1.807) is 0 Å². The standard InChI is InChI=1S/C18H21FN4O2S/c1-5-10-23(17(25)14-11-26-22-21-14)15(16(24)20-18(2,3)4)12-6-8-13(19)9-7-12/h5-9,11,15H,1,10H2,2-4H3,(H,20,24)/t15-/m1/s1. The molecule has 0 bridgehead atoms. The Balaban J connectivity index is 2.47. The van der Waals surface area contributed by atoms with Gasteiger partial charge in [-0.1, -0.05) is 22.7 Å². The number of hydrogen-bond donors (Lipinski definition) is 1. The van der Waals surface area contributed by atoms with Gasteiger partial charge in [0.25, 0.3) is 5.91 Å². The molecule has 2 rings (SSSR count). The van der Waals surface area contributed by atoms with Crippen LogP contribution in [0.1, 0.15) is 42.9 Å². The highest BCUT2D eigenvalue weighted by atomic mass is 32.1. The summed E-state index contributed by atoms with van der Waals surface area (Å²) in [4.78, 5) is 27.2. The third-order valence-corrected chi connectivity index (χ3v) is 3.91. The lowest BCUT2D eigenvalue weighted by atomic mass is 10.0. The molecular formula is C18H21FN4O2S. The van der Waals surface area contributed by atoms with Crippen LogP contribution in [0.4, 0.5) is 4.39 Å². The Morgan fingerprint density at radius 1 is 1.35 bits per heavy atom. The molecule has 0 aliphatic heterocycles. The minimum Gasteiger partial charge on any atom is -0.349 e. The third-order valence-electron chi connectivity index (χ3n) is 3.41. The molecule has 1 aromatic heterocycles. The smallest absolute Gasteiger partial charge is 0.276 e. The molecule has 0 saturated heterocycles. The van der Waals surface area contributed by atoms with E-state index >= 15 is 0 Å². The fourth-order valence-corrected chi connectivity index (χ4v) is 2.84. The van der Waals surface area contributed by atoms with E-state index in [1.165, 1.54) is 40.6 Å². The number of nitrogens with one attached hydrogen (secondary N) is 1. The highest BCUT2D eigenvalue weighted by Crippen LogP contribution is 2.24. The van der Waals surface area contributed by atoms with Crippen LogP contribution in [0.5, 0.6) is 0 Å². The molecule has 0 unspecified atom stereocenters. The first kappa shape index (κ1) is 19.7. The van der Waals surface area contributed by atoms with E-state index in [1.807, 2.05) is 20.8 Å². The molecule has 8 heteroatoms. The number of nitrogens with zero attached hydrogens (tertiary/aromatic N) is 3. The van der Waals surface area contributed by atoms with E-state index in [0.717, 1.165) is 11.5 Å². The highest BCUT2D eigenvalue weighted by molar-refractivity contribution is 7.03. The van der Waals surface area contributed by atoms with Crippen molar-refractivity contribution in [3.63, 3.8) is 0 Å². The lowest BCUT2D eigenvalue weighted by Gasteiger charge is -2.32. The maximum Gasteiger partial charge on any atom is 0.276 e. The molecule has 6 nitrogen and oxygen atoms in total. The zero-order chi connectivity index (χ0) is 19.3. The van der Waals surface area contributed by atoms with Gasteiger partial charge in [0.2, 0.25) is 5.91 Å². The molecule has 138 valence electrons. The minimum atomic E-state index is -0.956. The third kappa shape index (κ3) is 4.95. The lowest BCUT2D eigenvalue weighted by molar-refractivity contribution is -0.127. The second kappa shape index (κ2) is 8.18. The number of benzene rings is 1. The number of halogens is 1. The van der Waals surface area contributed by atoms with Crippen LogP contribution >= 0.6 is 11.5 Å². The summed E-state index contributed by atoms with van der Waals surface area (Å²) in [5.74, 6) is -1.24. The summed E-state index contributed by atoms with van der Waals surface area (Å²) in [5, 5.41) is 8.19. The number of carbonyl (C=O) groups excluding carboxylic acids is 2. The van der Waals surface area contributed by atoms with E-state index in [4.69, 9.17) is 0 Å². The molecule has 0 fully saturated rings. The van der Waals surface area contributed by atoms with Gasteiger partial charge in [0.05, 0.1) is 0 Å². The monoisotopic (exact) mass is 376 g/mol. The topological polar surface area (TPSA) is 75.2 Å². The Kier molecular flexibility index (Phi) is 6.20. The van der Waals surface area contributed by atoms with E-state index in [0.29, 0.717) is 5.56 Å². The number of amides is 2. The fourth-order valence-electron chi connectivity index (χ4n) is 2.41. The van der Waals surface area contributed by atoms with Crippen LogP contribution in [0.2, 0.25) is 0 Å². The molecule has 26 heavy (non-hydrogen) atoms. The molecule has 1 atom stereocenters. The van der Waals surface area contributed by atoms with Gasteiger partial charge in [0, 0.05) is 17.5 Å². The zero-order valence-electron chi connectivity index (χ0n) is 14.9. The van der Waals surface area contributed by atoms with E-state index in [2.05, 4.69) is 21.5 Å². The summed E-state index contributed by atoms with van der Waals surface area (Å²) in [6.07, 6.45) is 1.53. The van der Waals surface area contributed by atoms with Crippen molar-refractivity contribution in [2.75, 3.05) is 6.54 Å². The lowest BCUT2D eigenvalue weighted by Crippen LogP contribution is -2.49. The Labute approximate surface area is 155 Å². The zero-order valence-corrected chi connectivity index (χ0v) is 15.7. The van der Waals surface area contributed by atoms with Crippen molar-refractivity contribution in [1.29, 1.82) is 0 Å². The van der Waals surface area contributed by atoms with Crippen molar-refractivity contribution in [1.82, 2.24) is 19.8 Å². The maximum absolute atomic E-state index is 13.3. The molecule has 0 aliphatic rings. The fraction of sp³-hybridized carbons (Fsp3) is 0.333. The number of carbonyl (C=O) groups is 2. The average Bonchev–Trinajstić information content (AvgIpc) is 3.08. The van der Waals surface area contributed by atoms with Crippen molar-refractivity contribution in [3.8, 4) is 0 Å². The summed E-state index contributed by atoms with van der Waals surface area (Å²) < 4.78 is 17.0. The molecule has 2 amide bonds. The van der Waals surface area contributed by atoms with Crippen LogP contribution in [-0.2, 0) is 4.79 Å². The summed E-state index contributed by atoms with van der Waals surface area (Å²) in [6, 6.07) is 4.54. The van der Waals surface area contributed by atoms with Crippen LogP contribution in [-0.4, -0.2) is 38.4 Å². The van der Waals surface area contributed by atoms with Crippen LogP contribution in [0.3, 0.4) is 0 Å². The molecule has 2 aromatic rings. The van der Waals surface area contributed by atoms with Crippen LogP contribution in [0, 0.1) is 5.82 Å². The van der Waals surface area contributed by atoms with Crippen molar-refractivity contribution in [2.24, 2.45) is 0 Å². The quantitative estimate of drug-likeness (QED) is 0.787. The summed E-state index contributed by atoms with van der Waals surface area (Å²) in [7, 11) is 0. The van der Waals surface area contributed by atoms with Gasteiger partial charge in [-0.15, -0.1) is 11.7 Å². The van der Waals surface area contributed by atoms with E-state index in [9.17, 15) is 14.0 Å². The van der Waals surface area contributed by atoms with Gasteiger partial charge in [-0.05, 0) is 50.0 Å². The predicted molar refractivity (Wildman–Crippen MR) is 98.2 cm³/mol. The van der Waals surface area contributed by atoms with Crippen molar-refractivity contribution in [3.05, 3.63) is 59.4 Å². The SMILES string of the molecule is C=CCN(C(=O)c1csnn1)[C@@H](C(=O)NC(C)(C)C)c1ccc(F)cc1. The highest BCUT2D eigenvalue weighted by Gasteiger charge is 2.33. The molecule has 1 N–H and O–H groups in total. The van der Waals surface area contributed by atoms with Crippen molar-refractivity contribution < 1.29 is 14.0 Å². The molecule has 0 aliphatic carbocycles. The summed E-state index contributed by atoms with van der Waals surface area (Å²) in [5.41, 5.74) is 0.138. The van der Waals surface area contributed by atoms with Crippen LogP contribution < -0.4 is 5.32 Å². The molecular weight excluding hydrogens is 355 g/mol. The summed E-state index contributed by atoms with van der Waals surface area (Å²) in [6.45, 7) is 9.32. The van der Waals surface area contributed by atoms with Crippen LogP contribution in [0.15, 0.2) is 42.3 Å². The van der Waals surface area contributed by atoms with Gasteiger partial charge < -0.3 is 10.2 Å². The second-order valence-electron chi connectivity index (χ2n) is 6.73. The first-order valence-electron chi connectivity index (χ1n) is 7.99. The average molecular weight is 376 g/mol. The molecule has 0 spiro atoms. The minimum absolute atomic E-state index is 0.121. The first-order chi connectivity index (χ1) is 12.2. The van der Waals surface area contributed by atoms with Gasteiger partial charge in [-0.3, -0.25) is 9.59 Å². The van der Waals surface area contributed by atoms with Crippen molar-refractivity contribution in [2.45, 2.75) is 32.4 Å². The summed E-state index contributed by atoms with van der Waals surface area (Å²) >= 11 is 1.05. The second-order valence-corrected chi connectivity index (χ2v) is 7.34. The van der Waals surface area contributed by atoms with Gasteiger partial charge in [0.1, 0.15) is 11.9 Å². The van der Waals surface area contributed by atoms with Crippen LogP contribution in [0.25, 0.3) is 0 Å². The predicted octanol–water partition coefficient (Wildman–Crippen LogP) is 2.96. The van der Waals surface area contributed by atoms with Gasteiger partial charge in [-0.25, -0.2) is 4.39 Å². The Hall–Kier alpha value is -2.61. The van der Waals surface area contributed by atoms with Gasteiger partial charge in [-0.2, -0.15) is 0 Å². The molecule has 0 saturated carbocycles. The Morgan fingerprint density at radius 2 is 2.00 bits per heavy atom. The number of rotatable bonds is 6. The number of aromatic nitrogens is 2. The van der Waals surface area contributed by atoms with Gasteiger partial charge in [0.15, 0.2) is 5.69 Å². The Morgan fingerprint density at radius 3 is 2.50 bits per heavy atom. The maximum atomic E-state index is 13.3.